The van der Waals surface area contributed by atoms with Gasteiger partial charge in [-0.15, -0.1) is 0 Å². The second kappa shape index (κ2) is 6.38. The van der Waals surface area contributed by atoms with E-state index in [1.807, 2.05) is 30.3 Å². The van der Waals surface area contributed by atoms with Gasteiger partial charge in [0, 0.05) is 6.07 Å². The fourth-order valence-corrected chi connectivity index (χ4v) is 4.49. The second-order valence-electron chi connectivity index (χ2n) is 5.30. The number of nitrogens with one attached hydrogen (secondary N) is 1. The molecule has 1 aliphatic heterocycles. The second-order valence-corrected chi connectivity index (χ2v) is 7.65. The molecule has 1 aliphatic rings. The van der Waals surface area contributed by atoms with Gasteiger partial charge in [-0.2, -0.15) is 4.31 Å². The molecule has 1 saturated heterocycles. The third-order valence-electron chi connectivity index (χ3n) is 3.96. The minimum Gasteiger partial charge on any atom is -0.299 e. The minimum atomic E-state index is -3.39. The van der Waals surface area contributed by atoms with Crippen LogP contribution in [0.2, 0.25) is 5.02 Å². The molecule has 3 rings (SSSR count). The molecule has 1 fully saturated rings. The van der Waals surface area contributed by atoms with Crippen LogP contribution >= 0.6 is 11.6 Å². The summed E-state index contributed by atoms with van der Waals surface area (Å²) in [6.07, 6.45) is 0. The molecule has 116 valence electrons. The lowest BCUT2D eigenvalue weighted by molar-refractivity contribution is -0.837. The Hall–Kier alpha value is -1.40. The van der Waals surface area contributed by atoms with Crippen molar-refractivity contribution in [3.8, 4) is 0 Å². The van der Waals surface area contributed by atoms with E-state index in [2.05, 4.69) is 0 Å². The van der Waals surface area contributed by atoms with Crippen molar-refractivity contribution in [1.29, 1.82) is 0 Å². The van der Waals surface area contributed by atoms with Gasteiger partial charge in [0.15, 0.2) is 0 Å². The molecule has 1 N–H and O–H groups in total. The highest BCUT2D eigenvalue weighted by Gasteiger charge is 2.31. The molecule has 0 spiro atoms. The maximum Gasteiger partial charge on any atom is 0.243 e. The third-order valence-corrected chi connectivity index (χ3v) is 6.20. The number of quaternary nitrogens is 1. The first kappa shape index (κ1) is 15.5. The van der Waals surface area contributed by atoms with Gasteiger partial charge in [0.25, 0.3) is 0 Å². The summed E-state index contributed by atoms with van der Waals surface area (Å²) >= 11 is 6.23. The van der Waals surface area contributed by atoms with Crippen LogP contribution in [0, 0.1) is 0 Å². The zero-order valence-electron chi connectivity index (χ0n) is 12.1. The average molecular weight is 338 g/mol. The van der Waals surface area contributed by atoms with Crippen LogP contribution in [-0.2, 0) is 10.0 Å². The molecule has 0 aliphatic carbocycles. The number of piperazine rings is 1. The Morgan fingerprint density at radius 2 is 1.50 bits per heavy atom. The molecule has 4 nitrogen and oxygen atoms in total. The van der Waals surface area contributed by atoms with E-state index < -0.39 is 10.0 Å². The molecule has 0 bridgehead atoms. The fraction of sp³-hybridized carbons (Fsp3) is 0.250. The molecule has 22 heavy (non-hydrogen) atoms. The van der Waals surface area contributed by atoms with Crippen molar-refractivity contribution < 1.29 is 13.3 Å². The molecular weight excluding hydrogens is 320 g/mol. The highest BCUT2D eigenvalue weighted by Crippen LogP contribution is 2.18. The van der Waals surface area contributed by atoms with Gasteiger partial charge in [-0.3, -0.25) is 4.90 Å². The number of rotatable bonds is 3. The Labute approximate surface area is 136 Å². The third kappa shape index (κ3) is 3.03. The Morgan fingerprint density at radius 1 is 0.909 bits per heavy atom. The Balaban J connectivity index is 1.74. The fourth-order valence-electron chi connectivity index (χ4n) is 2.76. The highest BCUT2D eigenvalue weighted by molar-refractivity contribution is 7.89. The molecule has 0 aromatic heterocycles. The van der Waals surface area contributed by atoms with Crippen molar-refractivity contribution in [2.75, 3.05) is 26.2 Å². The molecule has 0 amide bonds. The number of nitrogens with zero attached hydrogens (tertiary/aromatic N) is 1. The van der Waals surface area contributed by atoms with Gasteiger partial charge in [0.05, 0.1) is 31.1 Å². The summed E-state index contributed by atoms with van der Waals surface area (Å²) in [6, 6.07) is 16.3. The van der Waals surface area contributed by atoms with Crippen LogP contribution in [0.4, 0.5) is 5.69 Å². The van der Waals surface area contributed by atoms with Crippen LogP contribution in [0.3, 0.4) is 0 Å². The lowest BCUT2D eigenvalue weighted by Gasteiger charge is -2.31. The normalized spacial score (nSPS) is 17.5. The van der Waals surface area contributed by atoms with Crippen LogP contribution < -0.4 is 4.90 Å². The lowest BCUT2D eigenvalue weighted by Crippen LogP contribution is -3.10. The van der Waals surface area contributed by atoms with Crippen molar-refractivity contribution in [1.82, 2.24) is 4.31 Å². The van der Waals surface area contributed by atoms with E-state index in [1.165, 1.54) is 4.90 Å². The molecule has 2 aromatic rings. The van der Waals surface area contributed by atoms with Gasteiger partial charge in [0.1, 0.15) is 10.7 Å². The number of para-hydroxylation sites is 1. The van der Waals surface area contributed by atoms with Gasteiger partial charge < -0.3 is 0 Å². The van der Waals surface area contributed by atoms with Crippen LogP contribution in [-0.4, -0.2) is 38.9 Å². The maximum absolute atomic E-state index is 12.6. The predicted octanol–water partition coefficient (Wildman–Crippen LogP) is 1.56. The van der Waals surface area contributed by atoms with Crippen LogP contribution in [0.25, 0.3) is 0 Å². The van der Waals surface area contributed by atoms with Gasteiger partial charge >= 0.3 is 0 Å². The van der Waals surface area contributed by atoms with E-state index in [0.717, 1.165) is 23.8 Å². The quantitative estimate of drug-likeness (QED) is 0.923. The molecule has 0 saturated carbocycles. The van der Waals surface area contributed by atoms with Gasteiger partial charge in [-0.1, -0.05) is 41.9 Å². The Bertz CT molecular complexity index is 742. The molecule has 0 unspecified atom stereocenters. The topological polar surface area (TPSA) is 41.8 Å². The SMILES string of the molecule is O=S(=O)(c1ccccc1)N1CC[NH+](c2ccccc2Cl)CC1. The van der Waals surface area contributed by atoms with Crippen LogP contribution in [0.1, 0.15) is 0 Å². The predicted molar refractivity (Wildman–Crippen MR) is 87.0 cm³/mol. The number of halogens is 1. The monoisotopic (exact) mass is 337 g/mol. The number of hydrogen-bond donors (Lipinski definition) is 1. The first-order valence-corrected chi connectivity index (χ1v) is 9.05. The summed E-state index contributed by atoms with van der Waals surface area (Å²) in [5, 5.41) is 0.733. The Kier molecular flexibility index (Phi) is 4.49. The largest absolute Gasteiger partial charge is 0.299 e. The summed E-state index contributed by atoms with van der Waals surface area (Å²) in [4.78, 5) is 1.58. The van der Waals surface area contributed by atoms with Crippen LogP contribution in [0.15, 0.2) is 59.5 Å². The molecule has 6 heteroatoms. The zero-order chi connectivity index (χ0) is 15.6. The van der Waals surface area contributed by atoms with Crippen molar-refractivity contribution in [2.24, 2.45) is 0 Å². The van der Waals surface area contributed by atoms with E-state index in [4.69, 9.17) is 11.6 Å². The Morgan fingerprint density at radius 3 is 2.14 bits per heavy atom. The summed E-state index contributed by atoms with van der Waals surface area (Å²) in [5.74, 6) is 0. The number of hydrogen-bond acceptors (Lipinski definition) is 2. The van der Waals surface area contributed by atoms with Crippen molar-refractivity contribution >= 4 is 27.3 Å². The van der Waals surface area contributed by atoms with E-state index in [1.54, 1.807) is 28.6 Å². The van der Waals surface area contributed by atoms with Crippen molar-refractivity contribution in [3.05, 3.63) is 59.6 Å². The van der Waals surface area contributed by atoms with Gasteiger partial charge in [-0.25, -0.2) is 8.42 Å². The standard InChI is InChI=1S/C16H17ClN2O2S/c17-15-8-4-5-9-16(15)18-10-12-19(13-11-18)22(20,21)14-6-2-1-3-7-14/h1-9H,10-13H2/p+1. The summed E-state index contributed by atoms with van der Waals surface area (Å²) in [6.45, 7) is 2.43. The maximum atomic E-state index is 12.6. The van der Waals surface area contributed by atoms with Crippen LogP contribution in [0.5, 0.6) is 0 Å². The zero-order valence-corrected chi connectivity index (χ0v) is 13.6. The van der Waals surface area contributed by atoms with E-state index in [0.29, 0.717) is 18.0 Å². The van der Waals surface area contributed by atoms with E-state index >= 15 is 0 Å². The molecule has 0 radical (unpaired) electrons. The summed E-state index contributed by atoms with van der Waals surface area (Å²) in [5.41, 5.74) is 1.04. The molecular formula is C16H18ClN2O2S+. The van der Waals surface area contributed by atoms with Crippen molar-refractivity contribution in [2.45, 2.75) is 4.90 Å². The van der Waals surface area contributed by atoms with E-state index in [-0.39, 0.29) is 0 Å². The first-order chi connectivity index (χ1) is 10.6. The number of benzene rings is 2. The molecule has 0 atom stereocenters. The van der Waals surface area contributed by atoms with E-state index in [9.17, 15) is 8.42 Å². The van der Waals surface area contributed by atoms with Gasteiger partial charge in [-0.05, 0) is 18.2 Å². The molecule has 1 heterocycles. The highest BCUT2D eigenvalue weighted by atomic mass is 35.5. The van der Waals surface area contributed by atoms with Gasteiger partial charge in [0.2, 0.25) is 10.0 Å². The van der Waals surface area contributed by atoms with Crippen molar-refractivity contribution in [3.63, 3.8) is 0 Å². The summed E-state index contributed by atoms with van der Waals surface area (Å²) in [7, 11) is -3.39. The lowest BCUT2D eigenvalue weighted by atomic mass is 10.2. The average Bonchev–Trinajstić information content (AvgIpc) is 2.56. The molecule has 2 aromatic carbocycles. The smallest absolute Gasteiger partial charge is 0.243 e. The first-order valence-electron chi connectivity index (χ1n) is 7.24. The minimum absolute atomic E-state index is 0.358. The summed E-state index contributed by atoms with van der Waals surface area (Å²) < 4.78 is 26.7. The number of sulfonamides is 1.